The number of hydrogen-bond acceptors (Lipinski definition) is 4. The molecule has 2 aromatic carbocycles. The van der Waals surface area contributed by atoms with Crippen LogP contribution in [0, 0.1) is 6.92 Å². The predicted octanol–water partition coefficient (Wildman–Crippen LogP) is 3.07. The maximum Gasteiger partial charge on any atom is 0.240 e. The van der Waals surface area contributed by atoms with Gasteiger partial charge in [0.05, 0.1) is 4.90 Å². The molecule has 0 radical (unpaired) electrons. The van der Waals surface area contributed by atoms with E-state index in [2.05, 4.69) is 9.71 Å². The van der Waals surface area contributed by atoms with Crippen LogP contribution in [0.1, 0.15) is 32.6 Å². The molecule has 0 spiro atoms. The lowest BCUT2D eigenvalue weighted by atomic mass is 10.0. The van der Waals surface area contributed by atoms with Gasteiger partial charge < -0.3 is 0 Å². The topological polar surface area (TPSA) is 76.1 Å². The number of aromatic nitrogens is 1. The van der Waals surface area contributed by atoms with Crippen LogP contribution in [0.4, 0.5) is 0 Å². The molecule has 1 aromatic heterocycles. The van der Waals surface area contributed by atoms with Gasteiger partial charge in [0, 0.05) is 29.6 Å². The lowest BCUT2D eigenvalue weighted by molar-refractivity contribution is 0.103. The number of carbonyl (C=O) groups is 1. The summed E-state index contributed by atoms with van der Waals surface area (Å²) in [5, 5.41) is 0. The molecule has 1 heterocycles. The van der Waals surface area contributed by atoms with E-state index >= 15 is 0 Å². The molecular formula is C22H20N2O3S. The Labute approximate surface area is 164 Å². The smallest absolute Gasteiger partial charge is 0.240 e. The molecule has 1 atom stereocenters. The highest BCUT2D eigenvalue weighted by Gasteiger charge is 2.27. The van der Waals surface area contributed by atoms with E-state index in [-0.39, 0.29) is 16.7 Å². The van der Waals surface area contributed by atoms with E-state index in [9.17, 15) is 13.2 Å². The molecular weight excluding hydrogens is 372 g/mol. The number of hydrogen-bond donors (Lipinski definition) is 1. The summed E-state index contributed by atoms with van der Waals surface area (Å²) < 4.78 is 28.1. The summed E-state index contributed by atoms with van der Waals surface area (Å²) in [6.07, 6.45) is 4.36. The number of sulfonamides is 1. The van der Waals surface area contributed by atoms with Gasteiger partial charge in [-0.3, -0.25) is 9.78 Å². The average Bonchev–Trinajstić information content (AvgIpc) is 3.09. The van der Waals surface area contributed by atoms with Crippen molar-refractivity contribution in [3.63, 3.8) is 0 Å². The Hall–Kier alpha value is -2.83. The summed E-state index contributed by atoms with van der Waals surface area (Å²) in [4.78, 5) is 16.9. The third-order valence-electron chi connectivity index (χ3n) is 4.98. The second-order valence-corrected chi connectivity index (χ2v) is 8.81. The van der Waals surface area contributed by atoms with Crippen LogP contribution in [0.5, 0.6) is 0 Å². The number of nitrogens with one attached hydrogen (secondary N) is 1. The number of rotatable bonds is 5. The fraction of sp³-hybridized carbons (Fsp3) is 0.182. The normalized spacial score (nSPS) is 16.0. The number of nitrogens with zero attached hydrogens (tertiary/aromatic N) is 1. The average molecular weight is 392 g/mol. The maximum absolute atomic E-state index is 12.6. The Kier molecular flexibility index (Phi) is 4.83. The lowest BCUT2D eigenvalue weighted by Crippen LogP contribution is -2.35. The molecule has 0 aliphatic heterocycles. The van der Waals surface area contributed by atoms with Crippen LogP contribution < -0.4 is 4.72 Å². The third kappa shape index (κ3) is 3.74. The van der Waals surface area contributed by atoms with Crippen molar-refractivity contribution in [2.75, 3.05) is 0 Å². The van der Waals surface area contributed by atoms with Crippen molar-refractivity contribution >= 4 is 15.8 Å². The number of fused-ring (bicyclic) bond motifs is 1. The zero-order valence-electron chi connectivity index (χ0n) is 15.4. The molecule has 0 bridgehead atoms. The fourth-order valence-electron chi connectivity index (χ4n) is 3.51. The van der Waals surface area contributed by atoms with Gasteiger partial charge in [0.1, 0.15) is 0 Å². The quantitative estimate of drug-likeness (QED) is 0.677. The SMILES string of the molecule is Cc1ccc(S(=O)(=O)NC2Cc3ccc(C(=O)c4cccnc4)cc3C2)cc1. The van der Waals surface area contributed by atoms with Gasteiger partial charge in [-0.25, -0.2) is 13.1 Å². The monoisotopic (exact) mass is 392 g/mol. The molecule has 1 N–H and O–H groups in total. The van der Waals surface area contributed by atoms with Crippen LogP contribution in [0.3, 0.4) is 0 Å². The first-order valence-corrected chi connectivity index (χ1v) is 10.6. The molecule has 0 saturated heterocycles. The van der Waals surface area contributed by atoms with Gasteiger partial charge >= 0.3 is 0 Å². The van der Waals surface area contributed by atoms with Crippen LogP contribution in [-0.2, 0) is 22.9 Å². The zero-order chi connectivity index (χ0) is 19.7. The number of pyridine rings is 1. The van der Waals surface area contributed by atoms with Crippen LogP contribution >= 0.6 is 0 Å². The Balaban J connectivity index is 1.51. The molecule has 0 saturated carbocycles. The van der Waals surface area contributed by atoms with Crippen molar-refractivity contribution in [2.45, 2.75) is 30.7 Å². The highest BCUT2D eigenvalue weighted by molar-refractivity contribution is 7.89. The van der Waals surface area contributed by atoms with Gasteiger partial charge in [-0.1, -0.05) is 29.8 Å². The molecule has 1 aliphatic rings. The minimum Gasteiger partial charge on any atom is -0.289 e. The van der Waals surface area contributed by atoms with Gasteiger partial charge in [-0.2, -0.15) is 0 Å². The second kappa shape index (κ2) is 7.30. The Bertz CT molecular complexity index is 1120. The highest BCUT2D eigenvalue weighted by atomic mass is 32.2. The number of aryl methyl sites for hydroxylation is 1. The minimum absolute atomic E-state index is 0.0837. The summed E-state index contributed by atoms with van der Waals surface area (Å²) >= 11 is 0. The van der Waals surface area contributed by atoms with E-state index in [1.165, 1.54) is 0 Å². The van der Waals surface area contributed by atoms with E-state index in [0.717, 1.165) is 16.7 Å². The summed E-state index contributed by atoms with van der Waals surface area (Å²) in [5.41, 5.74) is 4.22. The first kappa shape index (κ1) is 18.5. The molecule has 4 rings (SSSR count). The minimum atomic E-state index is -3.57. The van der Waals surface area contributed by atoms with E-state index in [4.69, 9.17) is 0 Å². The molecule has 1 unspecified atom stereocenters. The molecule has 5 nitrogen and oxygen atoms in total. The summed E-state index contributed by atoms with van der Waals surface area (Å²) in [6.45, 7) is 1.92. The van der Waals surface area contributed by atoms with Crippen LogP contribution in [0.25, 0.3) is 0 Å². The number of benzene rings is 2. The summed E-state index contributed by atoms with van der Waals surface area (Å²) in [6, 6.07) is 15.6. The second-order valence-electron chi connectivity index (χ2n) is 7.09. The maximum atomic E-state index is 12.6. The van der Waals surface area contributed by atoms with Crippen molar-refractivity contribution in [3.05, 3.63) is 94.8 Å². The van der Waals surface area contributed by atoms with Crippen molar-refractivity contribution in [1.82, 2.24) is 9.71 Å². The predicted molar refractivity (Wildman–Crippen MR) is 107 cm³/mol. The molecule has 0 amide bonds. The summed E-state index contributed by atoms with van der Waals surface area (Å²) in [5.74, 6) is -0.0837. The van der Waals surface area contributed by atoms with Gasteiger partial charge in [0.25, 0.3) is 0 Å². The van der Waals surface area contributed by atoms with Crippen molar-refractivity contribution in [1.29, 1.82) is 0 Å². The molecule has 1 aliphatic carbocycles. The molecule has 142 valence electrons. The highest BCUT2D eigenvalue weighted by Crippen LogP contribution is 2.26. The van der Waals surface area contributed by atoms with E-state index in [1.807, 2.05) is 19.1 Å². The van der Waals surface area contributed by atoms with Crippen molar-refractivity contribution in [2.24, 2.45) is 0 Å². The largest absolute Gasteiger partial charge is 0.289 e. The first-order valence-electron chi connectivity index (χ1n) is 9.08. The van der Waals surface area contributed by atoms with Crippen molar-refractivity contribution in [3.8, 4) is 0 Å². The van der Waals surface area contributed by atoms with Gasteiger partial charge in [0.2, 0.25) is 10.0 Å². The standard InChI is InChI=1S/C22H20N2O3S/c1-15-4-8-21(9-5-15)28(26,27)24-20-12-16-6-7-17(11-19(16)13-20)22(25)18-3-2-10-23-14-18/h2-11,14,20,24H,12-13H2,1H3. The molecule has 28 heavy (non-hydrogen) atoms. The number of ketones is 1. The van der Waals surface area contributed by atoms with Gasteiger partial charge in [-0.05, 0) is 61.2 Å². The van der Waals surface area contributed by atoms with Gasteiger partial charge in [0.15, 0.2) is 5.78 Å². The van der Waals surface area contributed by atoms with Gasteiger partial charge in [-0.15, -0.1) is 0 Å². The fourth-order valence-corrected chi connectivity index (χ4v) is 4.75. The Morgan fingerprint density at radius 1 is 1.00 bits per heavy atom. The zero-order valence-corrected chi connectivity index (χ0v) is 16.2. The Morgan fingerprint density at radius 3 is 2.46 bits per heavy atom. The molecule has 6 heteroatoms. The number of carbonyl (C=O) groups excluding carboxylic acids is 1. The first-order chi connectivity index (χ1) is 13.4. The van der Waals surface area contributed by atoms with Crippen LogP contribution in [0.15, 0.2) is 71.9 Å². The molecule has 3 aromatic rings. The van der Waals surface area contributed by atoms with E-state index in [0.29, 0.717) is 24.0 Å². The Morgan fingerprint density at radius 2 is 1.75 bits per heavy atom. The van der Waals surface area contributed by atoms with Crippen LogP contribution in [0.2, 0.25) is 0 Å². The van der Waals surface area contributed by atoms with E-state index in [1.54, 1.807) is 54.9 Å². The van der Waals surface area contributed by atoms with Crippen molar-refractivity contribution < 1.29 is 13.2 Å². The van der Waals surface area contributed by atoms with E-state index < -0.39 is 10.0 Å². The van der Waals surface area contributed by atoms with Crippen LogP contribution in [-0.4, -0.2) is 25.2 Å². The summed E-state index contributed by atoms with van der Waals surface area (Å²) in [7, 11) is -3.57. The molecule has 0 fully saturated rings. The lowest BCUT2D eigenvalue weighted by Gasteiger charge is -2.12. The third-order valence-corrected chi connectivity index (χ3v) is 6.51.